The topological polar surface area (TPSA) is 88.2 Å². The van der Waals surface area contributed by atoms with Crippen molar-refractivity contribution >= 4 is 34.5 Å². The maximum Gasteiger partial charge on any atom is 0.225 e. The molecule has 0 aliphatic heterocycles. The van der Waals surface area contributed by atoms with Crippen LogP contribution in [0.15, 0.2) is 28.9 Å². The number of rotatable bonds is 11. The molecule has 2 N–H and O–H groups in total. The second-order valence-corrected chi connectivity index (χ2v) is 11.1. The van der Waals surface area contributed by atoms with Crippen LogP contribution in [-0.2, 0) is 11.2 Å². The van der Waals surface area contributed by atoms with E-state index in [2.05, 4.69) is 29.3 Å². The average molecular weight is 502 g/mol. The zero-order valence-corrected chi connectivity index (χ0v) is 21.5. The Morgan fingerprint density at radius 2 is 2.15 bits per heavy atom. The molecule has 1 fully saturated rings. The van der Waals surface area contributed by atoms with Crippen molar-refractivity contribution in [3.05, 3.63) is 51.2 Å². The van der Waals surface area contributed by atoms with Crippen molar-refractivity contribution in [2.24, 2.45) is 5.92 Å². The first-order valence-corrected chi connectivity index (χ1v) is 13.2. The minimum atomic E-state index is -0.146. The largest absolute Gasteiger partial charge is 0.396 e. The molecule has 3 aromatic rings. The quantitative estimate of drug-likeness (QED) is 0.304. The van der Waals surface area contributed by atoms with Crippen LogP contribution in [0.5, 0.6) is 0 Å². The molecule has 1 atom stereocenters. The van der Waals surface area contributed by atoms with E-state index in [0.717, 1.165) is 51.7 Å². The maximum absolute atomic E-state index is 13.0. The highest BCUT2D eigenvalue weighted by atomic mass is 35.5. The predicted molar refractivity (Wildman–Crippen MR) is 137 cm³/mol. The standard InChI is InChI=1S/C26H32ClN3O3S/c1-15(2)11-23-28-14-21(34-23)26-24(17-7-8-17)25(30-33-26)18(5-4-10-31)13-22(32)29-20-9-6-16(3)12-19(20)27/h6,9,12,14-15,17-18,31H,4-5,7-8,10-11,13H2,1-3H3,(H,29,32)/t18-/m0/s1. The van der Waals surface area contributed by atoms with Crippen LogP contribution < -0.4 is 5.32 Å². The molecule has 2 aromatic heterocycles. The van der Waals surface area contributed by atoms with Crippen molar-refractivity contribution in [1.29, 1.82) is 0 Å². The van der Waals surface area contributed by atoms with Crippen molar-refractivity contribution in [3.8, 4) is 10.6 Å². The molecule has 34 heavy (non-hydrogen) atoms. The van der Waals surface area contributed by atoms with Crippen LogP contribution in [-0.4, -0.2) is 27.8 Å². The predicted octanol–water partition coefficient (Wildman–Crippen LogP) is 6.72. The van der Waals surface area contributed by atoms with E-state index in [-0.39, 0.29) is 24.9 Å². The van der Waals surface area contributed by atoms with Gasteiger partial charge in [0.25, 0.3) is 0 Å². The number of carbonyl (C=O) groups is 1. The Morgan fingerprint density at radius 1 is 1.35 bits per heavy atom. The summed E-state index contributed by atoms with van der Waals surface area (Å²) >= 11 is 7.97. The summed E-state index contributed by atoms with van der Waals surface area (Å²) in [6.07, 6.45) is 6.50. The Morgan fingerprint density at radius 3 is 2.82 bits per heavy atom. The van der Waals surface area contributed by atoms with Gasteiger partial charge in [-0.15, -0.1) is 11.3 Å². The second-order valence-electron chi connectivity index (χ2n) is 9.60. The summed E-state index contributed by atoms with van der Waals surface area (Å²) in [5, 5.41) is 18.5. The van der Waals surface area contributed by atoms with Gasteiger partial charge in [-0.1, -0.05) is 36.7 Å². The van der Waals surface area contributed by atoms with Gasteiger partial charge in [-0.3, -0.25) is 4.79 Å². The van der Waals surface area contributed by atoms with Crippen molar-refractivity contribution < 1.29 is 14.4 Å². The number of carbonyl (C=O) groups excluding carboxylic acids is 1. The number of aromatic nitrogens is 2. The molecule has 8 heteroatoms. The van der Waals surface area contributed by atoms with Crippen molar-refractivity contribution in [2.75, 3.05) is 11.9 Å². The van der Waals surface area contributed by atoms with Crippen LogP contribution in [0.1, 0.15) is 79.6 Å². The van der Waals surface area contributed by atoms with Crippen LogP contribution in [0.25, 0.3) is 10.6 Å². The van der Waals surface area contributed by atoms with Gasteiger partial charge in [0.15, 0.2) is 5.76 Å². The van der Waals surface area contributed by atoms with Crippen LogP contribution in [0.2, 0.25) is 5.02 Å². The highest BCUT2D eigenvalue weighted by Crippen LogP contribution is 2.49. The van der Waals surface area contributed by atoms with E-state index in [0.29, 0.717) is 35.4 Å². The molecule has 1 aliphatic carbocycles. The van der Waals surface area contributed by atoms with E-state index < -0.39 is 0 Å². The smallest absolute Gasteiger partial charge is 0.225 e. The molecule has 0 radical (unpaired) electrons. The van der Waals surface area contributed by atoms with Gasteiger partial charge in [-0.05, 0) is 62.1 Å². The lowest BCUT2D eigenvalue weighted by molar-refractivity contribution is -0.116. The fourth-order valence-corrected chi connectivity index (χ4v) is 5.63. The first kappa shape index (κ1) is 24.9. The number of hydrogen-bond acceptors (Lipinski definition) is 6. The summed E-state index contributed by atoms with van der Waals surface area (Å²) in [4.78, 5) is 18.6. The Balaban J connectivity index is 1.58. The third-order valence-corrected chi connectivity index (χ3v) is 7.36. The number of aliphatic hydroxyl groups excluding tert-OH is 1. The highest BCUT2D eigenvalue weighted by molar-refractivity contribution is 7.15. The highest BCUT2D eigenvalue weighted by Gasteiger charge is 2.36. The summed E-state index contributed by atoms with van der Waals surface area (Å²) in [6.45, 7) is 6.39. The first-order valence-electron chi connectivity index (χ1n) is 12.0. The molecule has 4 rings (SSSR count). The lowest BCUT2D eigenvalue weighted by Gasteiger charge is -2.16. The van der Waals surface area contributed by atoms with Gasteiger partial charge in [-0.25, -0.2) is 4.98 Å². The molecule has 1 aromatic carbocycles. The van der Waals surface area contributed by atoms with E-state index in [1.807, 2.05) is 31.3 Å². The van der Waals surface area contributed by atoms with Gasteiger partial charge in [0, 0.05) is 37.1 Å². The number of hydrogen-bond donors (Lipinski definition) is 2. The van der Waals surface area contributed by atoms with Crippen molar-refractivity contribution in [3.63, 3.8) is 0 Å². The summed E-state index contributed by atoms with van der Waals surface area (Å²) < 4.78 is 5.90. The third kappa shape index (κ3) is 6.06. The first-order chi connectivity index (χ1) is 16.4. The number of anilines is 1. The van der Waals surface area contributed by atoms with Gasteiger partial charge in [0.05, 0.1) is 26.3 Å². The minimum Gasteiger partial charge on any atom is -0.396 e. The number of amides is 1. The molecule has 2 heterocycles. The molecular weight excluding hydrogens is 470 g/mol. The number of halogens is 1. The fourth-order valence-electron chi connectivity index (χ4n) is 4.23. The van der Waals surface area contributed by atoms with Crippen LogP contribution in [0.4, 0.5) is 5.69 Å². The van der Waals surface area contributed by atoms with E-state index in [9.17, 15) is 9.90 Å². The number of thiazole rings is 1. The Kier molecular flexibility index (Phi) is 8.06. The number of aryl methyl sites for hydroxylation is 1. The molecule has 0 bridgehead atoms. The summed E-state index contributed by atoms with van der Waals surface area (Å²) in [5.41, 5.74) is 3.59. The van der Waals surface area contributed by atoms with Gasteiger partial charge in [-0.2, -0.15) is 0 Å². The second kappa shape index (κ2) is 11.0. The Labute approximate surface area is 209 Å². The number of nitrogens with zero attached hydrogens (tertiary/aromatic N) is 2. The molecule has 1 saturated carbocycles. The zero-order chi connectivity index (χ0) is 24.2. The van der Waals surface area contributed by atoms with Crippen molar-refractivity contribution in [2.45, 2.75) is 71.1 Å². The van der Waals surface area contributed by atoms with Gasteiger partial charge < -0.3 is 14.9 Å². The number of nitrogens with one attached hydrogen (secondary N) is 1. The van der Waals surface area contributed by atoms with Crippen LogP contribution in [0, 0.1) is 12.8 Å². The van der Waals surface area contributed by atoms with E-state index in [4.69, 9.17) is 16.1 Å². The molecule has 0 saturated heterocycles. The van der Waals surface area contributed by atoms with E-state index in [1.54, 1.807) is 11.3 Å². The summed E-state index contributed by atoms with van der Waals surface area (Å²) in [6, 6.07) is 5.57. The molecule has 1 amide bonds. The lowest BCUT2D eigenvalue weighted by Crippen LogP contribution is -2.17. The number of aliphatic hydroxyl groups is 1. The van der Waals surface area contributed by atoms with Crippen LogP contribution in [0.3, 0.4) is 0 Å². The average Bonchev–Trinajstić information content (AvgIpc) is 3.36. The minimum absolute atomic E-state index is 0.0682. The Bertz CT molecular complexity index is 1140. The lowest BCUT2D eigenvalue weighted by atomic mass is 9.90. The number of benzene rings is 1. The third-order valence-electron chi connectivity index (χ3n) is 6.03. The monoisotopic (exact) mass is 501 g/mol. The molecule has 182 valence electrons. The molecule has 1 aliphatic rings. The van der Waals surface area contributed by atoms with Gasteiger partial charge in [0.2, 0.25) is 5.91 Å². The summed E-state index contributed by atoms with van der Waals surface area (Å²) in [7, 11) is 0. The summed E-state index contributed by atoms with van der Waals surface area (Å²) in [5.74, 6) is 1.46. The van der Waals surface area contributed by atoms with Crippen LogP contribution >= 0.6 is 22.9 Å². The maximum atomic E-state index is 13.0. The molecule has 6 nitrogen and oxygen atoms in total. The fraction of sp³-hybridized carbons (Fsp3) is 0.500. The van der Waals surface area contributed by atoms with Gasteiger partial charge in [0.1, 0.15) is 0 Å². The van der Waals surface area contributed by atoms with Gasteiger partial charge >= 0.3 is 0 Å². The van der Waals surface area contributed by atoms with Crippen molar-refractivity contribution in [1.82, 2.24) is 10.1 Å². The SMILES string of the molecule is Cc1ccc(NC(=O)C[C@H](CCCO)c2noc(-c3cnc(CC(C)C)s3)c2C2CC2)c(Cl)c1. The molecule has 0 unspecified atom stereocenters. The Hall–Kier alpha value is -2.22. The normalized spacial score (nSPS) is 14.5. The van der Waals surface area contributed by atoms with E-state index in [1.165, 1.54) is 0 Å². The zero-order valence-electron chi connectivity index (χ0n) is 19.9. The molecular formula is C26H32ClN3O3S. The van der Waals surface area contributed by atoms with E-state index >= 15 is 0 Å². The molecule has 0 spiro atoms.